The maximum atomic E-state index is 11.2. The van der Waals surface area contributed by atoms with Crippen LogP contribution >= 0.6 is 0 Å². The summed E-state index contributed by atoms with van der Waals surface area (Å²) < 4.78 is 6.65. The Morgan fingerprint density at radius 1 is 1.29 bits per heavy atom. The Kier molecular flexibility index (Phi) is 6.03. The van der Waals surface area contributed by atoms with E-state index in [1.165, 1.54) is 4.68 Å². The second kappa shape index (κ2) is 8.44. The number of benzene rings is 1. The first-order chi connectivity index (χ1) is 11.6. The molecule has 1 aromatic heterocycles. The van der Waals surface area contributed by atoms with Gasteiger partial charge in [0.15, 0.2) is 0 Å². The summed E-state index contributed by atoms with van der Waals surface area (Å²) in [7, 11) is 0. The lowest BCUT2D eigenvalue weighted by Crippen LogP contribution is -2.14. The molecule has 0 radical (unpaired) electrons. The van der Waals surface area contributed by atoms with E-state index in [2.05, 4.69) is 21.9 Å². The third-order valence-electron chi connectivity index (χ3n) is 2.89. The fourth-order valence-electron chi connectivity index (χ4n) is 1.70. The van der Waals surface area contributed by atoms with E-state index >= 15 is 0 Å². The predicted octanol–water partition coefficient (Wildman–Crippen LogP) is 0.00498. The highest BCUT2D eigenvalue weighted by molar-refractivity contribution is 5.88. The van der Waals surface area contributed by atoms with Gasteiger partial charge in [-0.05, 0) is 36.6 Å². The van der Waals surface area contributed by atoms with E-state index in [-0.39, 0.29) is 25.0 Å². The molecular weight excluding hydrogens is 310 g/mol. The second-order valence-electron chi connectivity index (χ2n) is 4.68. The molecular formula is C16H15N5O3. The molecule has 3 N–H and O–H groups in total. The Bertz CT molecular complexity index is 809. The lowest BCUT2D eigenvalue weighted by atomic mass is 10.1. The lowest BCUT2D eigenvalue weighted by molar-refractivity contribution is 0.0575. The molecule has 0 unspecified atom stereocenters. The van der Waals surface area contributed by atoms with E-state index in [1.54, 1.807) is 24.3 Å². The Labute approximate surface area is 138 Å². The minimum Gasteiger partial charge on any atom is -0.396 e. The molecule has 0 saturated carbocycles. The number of ether oxygens (including phenoxy) is 1. The van der Waals surface area contributed by atoms with Crippen molar-refractivity contribution in [1.29, 1.82) is 5.26 Å². The molecule has 8 nitrogen and oxygen atoms in total. The number of aliphatic hydroxyl groups excluding tert-OH is 1. The number of primary amides is 1. The molecule has 24 heavy (non-hydrogen) atoms. The van der Waals surface area contributed by atoms with E-state index < -0.39 is 5.91 Å². The Morgan fingerprint density at radius 3 is 2.62 bits per heavy atom. The van der Waals surface area contributed by atoms with Gasteiger partial charge >= 0.3 is 0 Å². The third-order valence-corrected chi connectivity index (χ3v) is 2.89. The van der Waals surface area contributed by atoms with Crippen molar-refractivity contribution in [2.45, 2.75) is 13.2 Å². The maximum Gasteiger partial charge on any atom is 0.288 e. The molecule has 2 rings (SSSR count). The van der Waals surface area contributed by atoms with Crippen LogP contribution in [0.5, 0.6) is 0 Å². The summed E-state index contributed by atoms with van der Waals surface area (Å²) in [5, 5.41) is 21.4. The van der Waals surface area contributed by atoms with Crippen molar-refractivity contribution >= 4 is 5.91 Å². The minimum absolute atomic E-state index is 0.0231. The molecule has 0 saturated heterocycles. The van der Waals surface area contributed by atoms with Gasteiger partial charge in [0.05, 0.1) is 18.2 Å². The normalized spacial score (nSPS) is 9.83. The van der Waals surface area contributed by atoms with Crippen LogP contribution in [0, 0.1) is 23.2 Å². The molecule has 0 aliphatic rings. The van der Waals surface area contributed by atoms with Crippen LogP contribution in [0.1, 0.15) is 34.0 Å². The molecule has 122 valence electrons. The third kappa shape index (κ3) is 4.65. The summed E-state index contributed by atoms with van der Waals surface area (Å²) in [6.07, 6.45) is 0.490. The van der Waals surface area contributed by atoms with E-state index in [0.717, 1.165) is 0 Å². The number of amides is 1. The average molecular weight is 325 g/mol. The van der Waals surface area contributed by atoms with Gasteiger partial charge in [-0.15, -0.1) is 5.10 Å². The Balaban J connectivity index is 2.19. The highest BCUT2D eigenvalue weighted by Gasteiger charge is 2.12. The van der Waals surface area contributed by atoms with Crippen molar-refractivity contribution in [3.8, 4) is 17.9 Å². The molecule has 0 fully saturated rings. The molecule has 8 heteroatoms. The summed E-state index contributed by atoms with van der Waals surface area (Å²) in [6, 6.07) is 8.75. The monoisotopic (exact) mass is 325 g/mol. The van der Waals surface area contributed by atoms with Crippen molar-refractivity contribution in [3.63, 3.8) is 0 Å². The van der Waals surface area contributed by atoms with Crippen molar-refractivity contribution in [2.75, 3.05) is 13.2 Å². The summed E-state index contributed by atoms with van der Waals surface area (Å²) in [5.74, 6) is 5.01. The first-order valence-electron chi connectivity index (χ1n) is 7.09. The van der Waals surface area contributed by atoms with Gasteiger partial charge in [0.25, 0.3) is 5.91 Å². The predicted molar refractivity (Wildman–Crippen MR) is 83.3 cm³/mol. The van der Waals surface area contributed by atoms with Gasteiger partial charge in [-0.2, -0.15) is 10.2 Å². The molecule has 2 aromatic rings. The maximum absolute atomic E-state index is 11.2. The summed E-state index contributed by atoms with van der Waals surface area (Å²) >= 11 is 0. The zero-order chi connectivity index (χ0) is 17.4. The number of hydrogen-bond donors (Lipinski definition) is 2. The van der Waals surface area contributed by atoms with Crippen molar-refractivity contribution in [3.05, 3.63) is 47.0 Å². The average Bonchev–Trinajstić information content (AvgIpc) is 3.01. The number of nitriles is 1. The summed E-state index contributed by atoms with van der Waals surface area (Å²) in [6.45, 7) is 0.400. The molecule has 0 spiro atoms. The second-order valence-corrected chi connectivity index (χ2v) is 4.68. The van der Waals surface area contributed by atoms with Gasteiger partial charge in [-0.3, -0.25) is 4.79 Å². The number of rotatable bonds is 6. The van der Waals surface area contributed by atoms with Gasteiger partial charge in [0, 0.05) is 12.2 Å². The Morgan fingerprint density at radius 2 is 2.00 bits per heavy atom. The summed E-state index contributed by atoms with van der Waals surface area (Å²) in [4.78, 5) is 15.2. The van der Waals surface area contributed by atoms with Crippen molar-refractivity contribution in [2.24, 2.45) is 5.73 Å². The summed E-state index contributed by atoms with van der Waals surface area (Å²) in [5.41, 5.74) is 6.41. The standard InChI is InChI=1S/C16H15N5O3/c17-10-13-4-2-12(3-5-13)6-7-14-19-16(15(18)23)20-21(14)11-24-9-1-8-22/h2-5,22H,1,8-9,11H2,(H2,18,23). The van der Waals surface area contributed by atoms with Crippen LogP contribution in [-0.2, 0) is 11.5 Å². The molecule has 0 bridgehead atoms. The van der Waals surface area contributed by atoms with Gasteiger partial charge < -0.3 is 15.6 Å². The van der Waals surface area contributed by atoms with Gasteiger partial charge in [0.1, 0.15) is 6.73 Å². The van der Waals surface area contributed by atoms with E-state index in [1.807, 2.05) is 6.07 Å². The number of hydrogen-bond acceptors (Lipinski definition) is 6. The van der Waals surface area contributed by atoms with Crippen LogP contribution in [-0.4, -0.2) is 39.0 Å². The molecule has 0 aliphatic carbocycles. The van der Waals surface area contributed by atoms with Crippen LogP contribution in [0.25, 0.3) is 0 Å². The van der Waals surface area contributed by atoms with Crippen LogP contribution in [0.15, 0.2) is 24.3 Å². The minimum atomic E-state index is -0.759. The van der Waals surface area contributed by atoms with E-state index in [4.69, 9.17) is 20.8 Å². The van der Waals surface area contributed by atoms with Crippen LogP contribution in [0.2, 0.25) is 0 Å². The first kappa shape index (κ1) is 17.2. The topological polar surface area (TPSA) is 127 Å². The van der Waals surface area contributed by atoms with Crippen LogP contribution < -0.4 is 5.73 Å². The van der Waals surface area contributed by atoms with Crippen molar-refractivity contribution in [1.82, 2.24) is 14.8 Å². The quantitative estimate of drug-likeness (QED) is 0.569. The van der Waals surface area contributed by atoms with E-state index in [0.29, 0.717) is 24.2 Å². The van der Waals surface area contributed by atoms with Crippen LogP contribution in [0.4, 0.5) is 0 Å². The molecule has 1 amide bonds. The molecule has 0 aliphatic heterocycles. The lowest BCUT2D eigenvalue weighted by Gasteiger charge is -2.03. The highest BCUT2D eigenvalue weighted by Crippen LogP contribution is 2.03. The zero-order valence-electron chi connectivity index (χ0n) is 12.8. The fourth-order valence-corrected chi connectivity index (χ4v) is 1.70. The number of carbonyl (C=O) groups is 1. The zero-order valence-corrected chi connectivity index (χ0v) is 12.8. The van der Waals surface area contributed by atoms with Gasteiger partial charge in [0.2, 0.25) is 11.6 Å². The molecule has 1 heterocycles. The number of nitrogens with zero attached hydrogens (tertiary/aromatic N) is 4. The largest absolute Gasteiger partial charge is 0.396 e. The fraction of sp³-hybridized carbons (Fsp3) is 0.250. The van der Waals surface area contributed by atoms with Crippen molar-refractivity contribution < 1.29 is 14.6 Å². The van der Waals surface area contributed by atoms with Gasteiger partial charge in [-0.25, -0.2) is 4.68 Å². The SMILES string of the molecule is N#Cc1ccc(C#Cc2nc(C(N)=O)nn2COCCCO)cc1. The number of carbonyl (C=O) groups excluding carboxylic acids is 1. The Hall–Kier alpha value is -3.20. The molecule has 0 atom stereocenters. The number of aromatic nitrogens is 3. The molecule has 1 aromatic carbocycles. The van der Waals surface area contributed by atoms with Crippen LogP contribution in [0.3, 0.4) is 0 Å². The number of aliphatic hydroxyl groups is 1. The first-order valence-corrected chi connectivity index (χ1v) is 7.09. The smallest absolute Gasteiger partial charge is 0.288 e. The van der Waals surface area contributed by atoms with E-state index in [9.17, 15) is 4.79 Å². The highest BCUT2D eigenvalue weighted by atomic mass is 16.5. The van der Waals surface area contributed by atoms with Gasteiger partial charge in [-0.1, -0.05) is 5.92 Å². The number of nitrogens with two attached hydrogens (primary N) is 1.